The van der Waals surface area contributed by atoms with Crippen LogP contribution in [0.3, 0.4) is 0 Å². The summed E-state index contributed by atoms with van der Waals surface area (Å²) in [5.41, 5.74) is 1.99. The number of nitrogens with one attached hydrogen (secondary N) is 1. The summed E-state index contributed by atoms with van der Waals surface area (Å²) in [7, 11) is 1.60. The van der Waals surface area contributed by atoms with Crippen LogP contribution in [0.25, 0.3) is 0 Å². The Bertz CT molecular complexity index is 337. The van der Waals surface area contributed by atoms with Crippen molar-refractivity contribution in [2.24, 2.45) is 5.92 Å². The van der Waals surface area contributed by atoms with Crippen LogP contribution in [-0.4, -0.2) is 19.2 Å². The molecule has 19 heavy (non-hydrogen) atoms. The normalized spacial score (nSPS) is 11.5. The van der Waals surface area contributed by atoms with Gasteiger partial charge in [0.05, 0.1) is 5.92 Å². The van der Waals surface area contributed by atoms with E-state index in [2.05, 4.69) is 11.9 Å². The van der Waals surface area contributed by atoms with Gasteiger partial charge in [0.15, 0.2) is 0 Å². The SMILES string of the molecule is C=C/C(=C\C=C(C)C)C(CCC=O)C(=O)NC.CC. The van der Waals surface area contributed by atoms with Gasteiger partial charge in [-0.2, -0.15) is 0 Å². The van der Waals surface area contributed by atoms with Gasteiger partial charge in [0.1, 0.15) is 6.29 Å². The Morgan fingerprint density at radius 1 is 1.26 bits per heavy atom. The van der Waals surface area contributed by atoms with Crippen molar-refractivity contribution in [3.63, 3.8) is 0 Å². The fraction of sp³-hybridized carbons (Fsp3) is 0.500. The van der Waals surface area contributed by atoms with Crippen molar-refractivity contribution in [2.45, 2.75) is 40.5 Å². The van der Waals surface area contributed by atoms with Gasteiger partial charge >= 0.3 is 0 Å². The Labute approximate surface area is 117 Å². The number of hydrogen-bond acceptors (Lipinski definition) is 2. The van der Waals surface area contributed by atoms with E-state index in [4.69, 9.17) is 0 Å². The molecule has 1 unspecified atom stereocenters. The van der Waals surface area contributed by atoms with Crippen molar-refractivity contribution < 1.29 is 9.59 Å². The molecule has 1 atom stereocenters. The van der Waals surface area contributed by atoms with Crippen LogP contribution in [0.5, 0.6) is 0 Å². The van der Waals surface area contributed by atoms with Gasteiger partial charge in [0, 0.05) is 13.5 Å². The first-order chi connectivity index (χ1) is 9.06. The third-order valence-corrected chi connectivity index (χ3v) is 2.38. The highest BCUT2D eigenvalue weighted by molar-refractivity contribution is 5.82. The molecule has 0 aliphatic heterocycles. The predicted molar refractivity (Wildman–Crippen MR) is 81.9 cm³/mol. The first-order valence-corrected chi connectivity index (χ1v) is 6.69. The lowest BCUT2D eigenvalue weighted by atomic mass is 9.92. The average Bonchev–Trinajstić information content (AvgIpc) is 2.43. The van der Waals surface area contributed by atoms with Gasteiger partial charge < -0.3 is 10.1 Å². The molecule has 0 radical (unpaired) electrons. The van der Waals surface area contributed by atoms with Gasteiger partial charge in [-0.15, -0.1) is 0 Å². The molecule has 108 valence electrons. The van der Waals surface area contributed by atoms with E-state index in [9.17, 15) is 9.59 Å². The zero-order chi connectivity index (χ0) is 15.3. The van der Waals surface area contributed by atoms with Crippen molar-refractivity contribution in [3.8, 4) is 0 Å². The summed E-state index contributed by atoms with van der Waals surface area (Å²) in [5, 5.41) is 2.61. The maximum Gasteiger partial charge on any atom is 0.227 e. The molecule has 0 rings (SSSR count). The molecule has 0 aromatic carbocycles. The van der Waals surface area contributed by atoms with E-state index in [1.165, 1.54) is 0 Å². The molecule has 0 saturated heterocycles. The van der Waals surface area contributed by atoms with Crippen LogP contribution in [0.1, 0.15) is 40.5 Å². The maximum atomic E-state index is 11.7. The molecule has 1 N–H and O–H groups in total. The molecule has 3 nitrogen and oxygen atoms in total. The first kappa shape index (κ1) is 19.7. The summed E-state index contributed by atoms with van der Waals surface area (Å²) in [4.78, 5) is 22.1. The minimum Gasteiger partial charge on any atom is -0.359 e. The van der Waals surface area contributed by atoms with Gasteiger partial charge in [-0.3, -0.25) is 4.79 Å². The van der Waals surface area contributed by atoms with E-state index in [0.29, 0.717) is 12.8 Å². The Balaban J connectivity index is 0. The Hall–Kier alpha value is -1.64. The molecule has 0 saturated carbocycles. The number of amides is 1. The number of rotatable bonds is 7. The number of hydrogen-bond donors (Lipinski definition) is 1. The topological polar surface area (TPSA) is 46.2 Å². The van der Waals surface area contributed by atoms with Crippen LogP contribution < -0.4 is 5.32 Å². The summed E-state index contributed by atoms with van der Waals surface area (Å²) in [6.45, 7) is 11.7. The van der Waals surface area contributed by atoms with Crippen molar-refractivity contribution in [3.05, 3.63) is 36.0 Å². The Morgan fingerprint density at radius 3 is 2.21 bits per heavy atom. The predicted octanol–water partition coefficient (Wildman–Crippen LogP) is 3.43. The summed E-state index contributed by atoms with van der Waals surface area (Å²) < 4.78 is 0. The second-order valence-electron chi connectivity index (χ2n) is 4.03. The first-order valence-electron chi connectivity index (χ1n) is 6.69. The molecular formula is C16H27NO2. The monoisotopic (exact) mass is 265 g/mol. The van der Waals surface area contributed by atoms with Crippen LogP contribution in [0.4, 0.5) is 0 Å². The van der Waals surface area contributed by atoms with Gasteiger partial charge in [0.2, 0.25) is 5.91 Å². The average molecular weight is 265 g/mol. The van der Waals surface area contributed by atoms with E-state index in [-0.39, 0.29) is 11.8 Å². The Kier molecular flexibility index (Phi) is 13.3. The fourth-order valence-corrected chi connectivity index (χ4v) is 1.45. The van der Waals surface area contributed by atoms with Crippen molar-refractivity contribution in [1.29, 1.82) is 0 Å². The molecule has 0 aliphatic rings. The lowest BCUT2D eigenvalue weighted by Crippen LogP contribution is -2.28. The summed E-state index contributed by atoms with van der Waals surface area (Å²) in [6, 6.07) is 0. The lowest BCUT2D eigenvalue weighted by molar-refractivity contribution is -0.123. The standard InChI is InChI=1S/C14H21NO2.C2H6/c1-5-12(9-8-11(2)3)13(7-6-10-16)14(17)15-4;1-2/h5,8-10,13H,1,6-7H2,2-4H3,(H,15,17);1-2H3/b12-9+;. The number of carbonyl (C=O) groups is 2. The van der Waals surface area contributed by atoms with Gasteiger partial charge in [-0.25, -0.2) is 0 Å². The molecule has 0 fully saturated rings. The van der Waals surface area contributed by atoms with Crippen LogP contribution in [0.15, 0.2) is 36.0 Å². The van der Waals surface area contributed by atoms with Crippen molar-refractivity contribution >= 4 is 12.2 Å². The summed E-state index contributed by atoms with van der Waals surface area (Å²) in [5.74, 6) is -0.390. The molecule has 0 aromatic rings. The molecule has 0 aliphatic carbocycles. The highest BCUT2D eigenvalue weighted by Crippen LogP contribution is 2.18. The minimum atomic E-state index is -0.307. The van der Waals surface area contributed by atoms with E-state index < -0.39 is 0 Å². The van der Waals surface area contributed by atoms with Gasteiger partial charge in [0.25, 0.3) is 0 Å². The van der Waals surface area contributed by atoms with Crippen LogP contribution in [-0.2, 0) is 9.59 Å². The zero-order valence-electron chi connectivity index (χ0n) is 12.8. The molecule has 0 bridgehead atoms. The molecule has 0 aromatic heterocycles. The number of aldehydes is 1. The highest BCUT2D eigenvalue weighted by Gasteiger charge is 2.19. The quantitative estimate of drug-likeness (QED) is 0.566. The van der Waals surface area contributed by atoms with Crippen LogP contribution >= 0.6 is 0 Å². The van der Waals surface area contributed by atoms with Crippen LogP contribution in [0, 0.1) is 5.92 Å². The Morgan fingerprint density at radius 2 is 1.84 bits per heavy atom. The van der Waals surface area contributed by atoms with E-state index in [1.807, 2.05) is 39.8 Å². The van der Waals surface area contributed by atoms with E-state index in [0.717, 1.165) is 17.4 Å². The second kappa shape index (κ2) is 12.8. The third kappa shape index (κ3) is 9.00. The highest BCUT2D eigenvalue weighted by atomic mass is 16.1. The molecule has 1 amide bonds. The van der Waals surface area contributed by atoms with E-state index >= 15 is 0 Å². The molecule has 0 spiro atoms. The van der Waals surface area contributed by atoms with E-state index in [1.54, 1.807) is 13.1 Å². The molecular weight excluding hydrogens is 238 g/mol. The minimum absolute atomic E-state index is 0.0832. The third-order valence-electron chi connectivity index (χ3n) is 2.38. The summed E-state index contributed by atoms with van der Waals surface area (Å²) >= 11 is 0. The number of carbonyl (C=O) groups excluding carboxylic acids is 2. The van der Waals surface area contributed by atoms with Crippen molar-refractivity contribution in [1.82, 2.24) is 5.32 Å². The lowest BCUT2D eigenvalue weighted by Gasteiger charge is -2.15. The summed E-state index contributed by atoms with van der Waals surface area (Å²) in [6.07, 6.45) is 7.21. The van der Waals surface area contributed by atoms with Crippen molar-refractivity contribution in [2.75, 3.05) is 7.05 Å². The molecule has 0 heterocycles. The van der Waals surface area contributed by atoms with Crippen LogP contribution in [0.2, 0.25) is 0 Å². The smallest absolute Gasteiger partial charge is 0.227 e. The zero-order valence-corrected chi connectivity index (χ0v) is 12.8. The van der Waals surface area contributed by atoms with Gasteiger partial charge in [-0.1, -0.05) is 44.2 Å². The number of allylic oxidation sites excluding steroid dienone is 4. The largest absolute Gasteiger partial charge is 0.359 e. The maximum absolute atomic E-state index is 11.7. The van der Waals surface area contributed by atoms with Gasteiger partial charge in [-0.05, 0) is 25.8 Å². The molecule has 3 heteroatoms. The second-order valence-corrected chi connectivity index (χ2v) is 4.03. The fourth-order valence-electron chi connectivity index (χ4n) is 1.45.